The van der Waals surface area contributed by atoms with Gasteiger partial charge in [0.05, 0.1) is 18.1 Å². The van der Waals surface area contributed by atoms with Crippen LogP contribution in [0.3, 0.4) is 0 Å². The molecule has 4 aliphatic rings. The first-order valence-electron chi connectivity index (χ1n) is 10.1. The molecule has 6 rings (SSSR count). The fraction of sp³-hybridized carbons (Fsp3) is 0.409. The zero-order valence-electron chi connectivity index (χ0n) is 16.3. The highest BCUT2D eigenvalue weighted by molar-refractivity contribution is 7.93. The number of benzene rings is 1. The maximum absolute atomic E-state index is 13.2. The van der Waals surface area contributed by atoms with Gasteiger partial charge in [0.25, 0.3) is 0 Å². The maximum atomic E-state index is 13.2. The van der Waals surface area contributed by atoms with Crippen LogP contribution in [0.2, 0.25) is 0 Å². The summed E-state index contributed by atoms with van der Waals surface area (Å²) in [5, 5.41) is 1.49. The molecule has 0 amide bonds. The Labute approximate surface area is 172 Å². The van der Waals surface area contributed by atoms with Crippen molar-refractivity contribution in [2.24, 2.45) is 0 Å². The highest BCUT2D eigenvalue weighted by Crippen LogP contribution is 2.50. The molecule has 3 unspecified atom stereocenters. The van der Waals surface area contributed by atoms with Crippen LogP contribution in [0.25, 0.3) is 0 Å². The van der Waals surface area contributed by atoms with Crippen molar-refractivity contribution in [2.45, 2.75) is 42.9 Å². The Kier molecular flexibility index (Phi) is 3.37. The molecule has 1 N–H and O–H groups in total. The van der Waals surface area contributed by atoms with Gasteiger partial charge in [0.15, 0.2) is 27.2 Å². The predicted octanol–water partition coefficient (Wildman–Crippen LogP) is 1.60. The Bertz CT molecular complexity index is 1300. The van der Waals surface area contributed by atoms with Crippen LogP contribution in [0.5, 0.6) is 0 Å². The smallest absolute Gasteiger partial charge is 0.228 e. The number of nitrogens with one attached hydrogen (secondary N) is 1. The van der Waals surface area contributed by atoms with Crippen LogP contribution in [0.4, 0.5) is 0 Å². The summed E-state index contributed by atoms with van der Waals surface area (Å²) in [5.41, 5.74) is 2.69. The van der Waals surface area contributed by atoms with Crippen molar-refractivity contribution >= 4 is 27.2 Å². The van der Waals surface area contributed by atoms with E-state index >= 15 is 0 Å². The van der Waals surface area contributed by atoms with E-state index in [-0.39, 0.29) is 29.2 Å². The molecule has 0 saturated carbocycles. The van der Waals surface area contributed by atoms with Gasteiger partial charge in [-0.2, -0.15) is 0 Å². The summed E-state index contributed by atoms with van der Waals surface area (Å²) in [6.45, 7) is 2.18. The molecule has 154 valence electrons. The Morgan fingerprint density at radius 2 is 1.87 bits per heavy atom. The van der Waals surface area contributed by atoms with E-state index in [1.165, 1.54) is 6.07 Å². The topological polar surface area (TPSA) is 111 Å². The average Bonchev–Trinajstić information content (AvgIpc) is 3.15. The van der Waals surface area contributed by atoms with Gasteiger partial charge in [0, 0.05) is 34.2 Å². The third-order valence-corrected chi connectivity index (χ3v) is 9.29. The summed E-state index contributed by atoms with van der Waals surface area (Å²) in [7, 11) is -3.74. The lowest BCUT2D eigenvalue weighted by Gasteiger charge is -2.40. The Morgan fingerprint density at radius 3 is 2.67 bits per heavy atom. The molecule has 2 aromatic rings. The molecule has 3 aliphatic carbocycles. The first-order chi connectivity index (χ1) is 14.2. The number of fused-ring (bicyclic) bond motifs is 4. The Balaban J connectivity index is 1.62. The molecular formula is C22H19NO6S. The van der Waals surface area contributed by atoms with E-state index in [4.69, 9.17) is 4.42 Å². The maximum Gasteiger partial charge on any atom is 0.228 e. The summed E-state index contributed by atoms with van der Waals surface area (Å²) >= 11 is 0. The fourth-order valence-electron chi connectivity index (χ4n) is 5.81. The third-order valence-electron chi connectivity index (χ3n) is 7.26. The molecule has 7 nitrogen and oxygen atoms in total. The Morgan fingerprint density at radius 1 is 1.10 bits per heavy atom. The van der Waals surface area contributed by atoms with Gasteiger partial charge in [-0.25, -0.2) is 8.42 Å². The van der Waals surface area contributed by atoms with Crippen molar-refractivity contribution in [2.75, 3.05) is 12.3 Å². The number of rotatable bonds is 0. The van der Waals surface area contributed by atoms with Crippen LogP contribution in [-0.2, 0) is 21.7 Å². The SMILES string of the molecule is CC12CCCc3coc(c31)C(=O)c1cc3c(cc12)C(=O)C1NCCS(=O)(=O)C1C3=O. The standard InChI is InChI=1S/C22H19NO6S/c1-22-4-2-3-10-9-29-20(15(10)22)18(25)13-7-11-12(8-14(13)22)17(24)16-21(19(11)26)30(27,28)6-5-23-16/h7-9,16,21,23H,2-6H2,1H3. The number of carbonyl (C=O) groups is 3. The molecule has 1 aliphatic heterocycles. The molecular weight excluding hydrogens is 406 g/mol. The van der Waals surface area contributed by atoms with Crippen LogP contribution in [0.1, 0.15) is 73.3 Å². The van der Waals surface area contributed by atoms with Crippen LogP contribution in [-0.4, -0.2) is 49.4 Å². The van der Waals surface area contributed by atoms with Crippen molar-refractivity contribution in [3.05, 3.63) is 57.5 Å². The molecule has 0 spiro atoms. The number of furan rings is 1. The summed E-state index contributed by atoms with van der Waals surface area (Å²) < 4.78 is 30.8. The second-order valence-corrected chi connectivity index (χ2v) is 11.1. The van der Waals surface area contributed by atoms with Gasteiger partial charge >= 0.3 is 0 Å². The largest absolute Gasteiger partial charge is 0.460 e. The van der Waals surface area contributed by atoms with Gasteiger partial charge in [-0.05, 0) is 42.5 Å². The summed E-state index contributed by atoms with van der Waals surface area (Å²) in [6.07, 6.45) is 4.19. The van der Waals surface area contributed by atoms with E-state index in [0.29, 0.717) is 11.3 Å². The molecule has 30 heavy (non-hydrogen) atoms. The van der Waals surface area contributed by atoms with Crippen LogP contribution >= 0.6 is 0 Å². The molecule has 0 bridgehead atoms. The van der Waals surface area contributed by atoms with Crippen molar-refractivity contribution in [1.29, 1.82) is 0 Å². The van der Waals surface area contributed by atoms with Gasteiger partial charge in [0.1, 0.15) is 5.25 Å². The second-order valence-electron chi connectivity index (χ2n) is 8.87. The number of hydrogen-bond acceptors (Lipinski definition) is 7. The lowest BCUT2D eigenvalue weighted by atomic mass is 9.62. The van der Waals surface area contributed by atoms with Gasteiger partial charge < -0.3 is 9.73 Å². The summed E-state index contributed by atoms with van der Waals surface area (Å²) in [5.74, 6) is -1.23. The molecule has 1 aromatic heterocycles. The molecule has 1 saturated heterocycles. The van der Waals surface area contributed by atoms with Crippen molar-refractivity contribution in [1.82, 2.24) is 5.32 Å². The van der Waals surface area contributed by atoms with Crippen LogP contribution in [0.15, 0.2) is 22.8 Å². The number of Topliss-reactive ketones (excluding diaryl/α,β-unsaturated/α-hetero) is 2. The monoisotopic (exact) mass is 425 g/mol. The normalized spacial score (nSPS) is 30.9. The van der Waals surface area contributed by atoms with Gasteiger partial charge in [-0.15, -0.1) is 0 Å². The number of hydrogen-bond donors (Lipinski definition) is 1. The number of carbonyl (C=O) groups excluding carboxylic acids is 3. The number of sulfone groups is 1. The average molecular weight is 425 g/mol. The lowest BCUT2D eigenvalue weighted by Crippen LogP contribution is -2.61. The van der Waals surface area contributed by atoms with Gasteiger partial charge in [-0.3, -0.25) is 14.4 Å². The molecule has 3 atom stereocenters. The molecule has 0 radical (unpaired) electrons. The van der Waals surface area contributed by atoms with Crippen LogP contribution in [0, 0.1) is 0 Å². The number of ketones is 3. The van der Waals surface area contributed by atoms with Gasteiger partial charge in [0.2, 0.25) is 5.78 Å². The van der Waals surface area contributed by atoms with Crippen molar-refractivity contribution in [3.8, 4) is 0 Å². The minimum absolute atomic E-state index is 0.0234. The zero-order chi connectivity index (χ0) is 21.0. The second kappa shape index (κ2) is 5.56. The highest BCUT2D eigenvalue weighted by atomic mass is 32.2. The fourth-order valence-corrected chi connectivity index (χ4v) is 7.56. The molecule has 1 fully saturated rings. The van der Waals surface area contributed by atoms with Crippen molar-refractivity contribution < 1.29 is 27.2 Å². The first-order valence-corrected chi connectivity index (χ1v) is 11.8. The lowest BCUT2D eigenvalue weighted by molar-refractivity contribution is 0.0849. The summed E-state index contributed by atoms with van der Waals surface area (Å²) in [6, 6.07) is 2.02. The van der Waals surface area contributed by atoms with E-state index < -0.39 is 38.1 Å². The van der Waals surface area contributed by atoms with Gasteiger partial charge in [-0.1, -0.05) is 6.92 Å². The predicted molar refractivity (Wildman–Crippen MR) is 106 cm³/mol. The highest BCUT2D eigenvalue weighted by Gasteiger charge is 2.52. The van der Waals surface area contributed by atoms with Crippen molar-refractivity contribution in [3.63, 3.8) is 0 Å². The Hall–Kier alpha value is -2.58. The van der Waals surface area contributed by atoms with E-state index in [1.807, 2.05) is 6.92 Å². The zero-order valence-corrected chi connectivity index (χ0v) is 17.1. The molecule has 2 heterocycles. The van der Waals surface area contributed by atoms with E-state index in [9.17, 15) is 22.8 Å². The van der Waals surface area contributed by atoms with E-state index in [1.54, 1.807) is 12.3 Å². The quantitative estimate of drug-likeness (QED) is 0.683. The van der Waals surface area contributed by atoms with Crippen LogP contribution < -0.4 is 5.32 Å². The van der Waals surface area contributed by atoms with E-state index in [0.717, 1.165) is 36.0 Å². The summed E-state index contributed by atoms with van der Waals surface area (Å²) in [4.78, 5) is 39.6. The minimum atomic E-state index is -3.74. The molecule has 1 aromatic carbocycles. The minimum Gasteiger partial charge on any atom is -0.460 e. The number of aryl methyl sites for hydroxylation is 1. The first kappa shape index (κ1) is 18.2. The van der Waals surface area contributed by atoms with E-state index in [2.05, 4.69) is 5.32 Å². The molecule has 8 heteroatoms. The third kappa shape index (κ3) is 2.03.